The van der Waals surface area contributed by atoms with Gasteiger partial charge in [-0.25, -0.2) is 0 Å². The predicted octanol–water partition coefficient (Wildman–Crippen LogP) is 3.92. The van der Waals surface area contributed by atoms with E-state index in [2.05, 4.69) is 15.5 Å². The molecule has 24 heavy (non-hydrogen) atoms. The molecule has 3 aromatic rings. The lowest BCUT2D eigenvalue weighted by Crippen LogP contribution is -2.13. The van der Waals surface area contributed by atoms with Gasteiger partial charge in [-0.2, -0.15) is 0 Å². The van der Waals surface area contributed by atoms with Crippen LogP contribution in [0.3, 0.4) is 0 Å². The summed E-state index contributed by atoms with van der Waals surface area (Å²) in [7, 11) is 0. The third-order valence-corrected chi connectivity index (χ3v) is 3.72. The van der Waals surface area contributed by atoms with Crippen molar-refractivity contribution in [1.29, 1.82) is 0 Å². The Morgan fingerprint density at radius 1 is 1.08 bits per heavy atom. The summed E-state index contributed by atoms with van der Waals surface area (Å²) in [6.45, 7) is 3.97. The number of hydrogen-bond acceptors (Lipinski definition) is 4. The number of anilines is 1. The van der Waals surface area contributed by atoms with E-state index in [9.17, 15) is 4.79 Å². The summed E-state index contributed by atoms with van der Waals surface area (Å²) < 4.78 is 5.65. The van der Waals surface area contributed by atoms with Crippen molar-refractivity contribution in [3.05, 3.63) is 65.5 Å². The Morgan fingerprint density at radius 2 is 1.92 bits per heavy atom. The maximum absolute atomic E-state index is 12.1. The molecule has 5 heteroatoms. The smallest absolute Gasteiger partial charge is 0.247 e. The van der Waals surface area contributed by atoms with E-state index in [4.69, 9.17) is 4.42 Å². The van der Waals surface area contributed by atoms with Crippen molar-refractivity contribution >= 4 is 11.6 Å². The first-order valence-corrected chi connectivity index (χ1v) is 7.87. The van der Waals surface area contributed by atoms with Gasteiger partial charge < -0.3 is 9.73 Å². The second-order valence-electron chi connectivity index (χ2n) is 5.73. The highest BCUT2D eigenvalue weighted by Gasteiger charge is 2.11. The van der Waals surface area contributed by atoms with Crippen molar-refractivity contribution in [3.8, 4) is 11.5 Å². The first-order valence-electron chi connectivity index (χ1n) is 7.87. The normalized spacial score (nSPS) is 10.6. The standard InChI is InChI=1S/C19H19N3O2/c1-13-6-5-8-15(12-13)19-22-21-18(24-19)11-10-17(23)20-16-9-4-3-7-14(16)2/h3-9,12H,10-11H2,1-2H3,(H,20,23). The van der Waals surface area contributed by atoms with Gasteiger partial charge in [0.1, 0.15) is 0 Å². The number of benzene rings is 2. The molecule has 0 unspecified atom stereocenters. The minimum absolute atomic E-state index is 0.0698. The van der Waals surface area contributed by atoms with Crippen LogP contribution < -0.4 is 5.32 Å². The first kappa shape index (κ1) is 15.9. The van der Waals surface area contributed by atoms with Gasteiger partial charge in [-0.05, 0) is 37.6 Å². The van der Waals surface area contributed by atoms with E-state index < -0.39 is 0 Å². The number of nitrogens with one attached hydrogen (secondary N) is 1. The number of rotatable bonds is 5. The molecule has 1 heterocycles. The molecule has 0 aliphatic rings. The maximum atomic E-state index is 12.1. The molecule has 0 aliphatic heterocycles. The lowest BCUT2D eigenvalue weighted by Gasteiger charge is -2.06. The molecule has 0 atom stereocenters. The second kappa shape index (κ2) is 7.08. The van der Waals surface area contributed by atoms with Crippen LogP contribution in [0.2, 0.25) is 0 Å². The SMILES string of the molecule is Cc1cccc(-c2nnc(CCC(=O)Nc3ccccc3C)o2)c1. The summed E-state index contributed by atoms with van der Waals surface area (Å²) in [6.07, 6.45) is 0.709. The summed E-state index contributed by atoms with van der Waals surface area (Å²) in [4.78, 5) is 12.1. The third-order valence-electron chi connectivity index (χ3n) is 3.72. The van der Waals surface area contributed by atoms with E-state index in [0.717, 1.165) is 22.4 Å². The van der Waals surface area contributed by atoms with Gasteiger partial charge in [0.25, 0.3) is 0 Å². The predicted molar refractivity (Wildman–Crippen MR) is 92.6 cm³/mol. The zero-order valence-electron chi connectivity index (χ0n) is 13.7. The van der Waals surface area contributed by atoms with Gasteiger partial charge in [0.05, 0.1) is 0 Å². The number of para-hydroxylation sites is 1. The number of aromatic nitrogens is 2. The van der Waals surface area contributed by atoms with Gasteiger partial charge in [-0.1, -0.05) is 35.9 Å². The quantitative estimate of drug-likeness (QED) is 0.773. The number of nitrogens with zero attached hydrogens (tertiary/aromatic N) is 2. The molecular weight excluding hydrogens is 302 g/mol. The molecule has 0 radical (unpaired) electrons. The summed E-state index contributed by atoms with van der Waals surface area (Å²) in [5.41, 5.74) is 3.88. The Bertz CT molecular complexity index is 855. The Labute approximate surface area is 140 Å². The Hall–Kier alpha value is -2.95. The largest absolute Gasteiger partial charge is 0.421 e. The molecule has 5 nitrogen and oxygen atoms in total. The molecule has 1 amide bonds. The van der Waals surface area contributed by atoms with E-state index in [1.54, 1.807) is 0 Å². The van der Waals surface area contributed by atoms with Crippen LogP contribution in [0.4, 0.5) is 5.69 Å². The van der Waals surface area contributed by atoms with E-state index in [1.165, 1.54) is 0 Å². The molecule has 1 aromatic heterocycles. The van der Waals surface area contributed by atoms with Crippen LogP contribution in [0.1, 0.15) is 23.4 Å². The van der Waals surface area contributed by atoms with Crippen LogP contribution >= 0.6 is 0 Å². The van der Waals surface area contributed by atoms with Crippen molar-refractivity contribution in [1.82, 2.24) is 10.2 Å². The Balaban J connectivity index is 1.59. The first-order chi connectivity index (χ1) is 11.6. The summed E-state index contributed by atoms with van der Waals surface area (Å²) in [6, 6.07) is 15.6. The summed E-state index contributed by atoms with van der Waals surface area (Å²) in [5.74, 6) is 0.874. The number of hydrogen-bond donors (Lipinski definition) is 1. The van der Waals surface area contributed by atoms with Crippen molar-refractivity contribution in [2.45, 2.75) is 26.7 Å². The average molecular weight is 321 g/mol. The van der Waals surface area contributed by atoms with E-state index in [1.807, 2.05) is 62.4 Å². The van der Waals surface area contributed by atoms with Crippen LogP contribution in [0.15, 0.2) is 52.9 Å². The molecule has 2 aromatic carbocycles. The number of amides is 1. The highest BCUT2D eigenvalue weighted by molar-refractivity contribution is 5.91. The van der Waals surface area contributed by atoms with E-state index in [0.29, 0.717) is 24.6 Å². The highest BCUT2D eigenvalue weighted by atomic mass is 16.4. The minimum atomic E-state index is -0.0698. The lowest BCUT2D eigenvalue weighted by molar-refractivity contribution is -0.116. The van der Waals surface area contributed by atoms with Crippen LogP contribution in [0.25, 0.3) is 11.5 Å². The molecule has 3 rings (SSSR count). The zero-order chi connectivity index (χ0) is 16.9. The molecular formula is C19H19N3O2. The van der Waals surface area contributed by atoms with Gasteiger partial charge in [0.2, 0.25) is 17.7 Å². The number of carbonyl (C=O) groups excluding carboxylic acids is 1. The van der Waals surface area contributed by atoms with Gasteiger partial charge in [-0.15, -0.1) is 10.2 Å². The van der Waals surface area contributed by atoms with Gasteiger partial charge in [-0.3, -0.25) is 4.79 Å². The van der Waals surface area contributed by atoms with Gasteiger partial charge >= 0.3 is 0 Å². The van der Waals surface area contributed by atoms with Crippen molar-refractivity contribution in [2.24, 2.45) is 0 Å². The zero-order valence-corrected chi connectivity index (χ0v) is 13.7. The second-order valence-corrected chi connectivity index (χ2v) is 5.73. The van der Waals surface area contributed by atoms with Crippen LogP contribution in [0.5, 0.6) is 0 Å². The van der Waals surface area contributed by atoms with E-state index >= 15 is 0 Å². The van der Waals surface area contributed by atoms with Crippen LogP contribution in [-0.2, 0) is 11.2 Å². The molecule has 0 bridgehead atoms. The summed E-state index contributed by atoms with van der Waals surface area (Å²) >= 11 is 0. The van der Waals surface area contributed by atoms with Gasteiger partial charge in [0, 0.05) is 24.1 Å². The Kier molecular flexibility index (Phi) is 4.70. The Morgan fingerprint density at radius 3 is 2.71 bits per heavy atom. The topological polar surface area (TPSA) is 68.0 Å². The molecule has 0 saturated carbocycles. The molecule has 0 spiro atoms. The summed E-state index contributed by atoms with van der Waals surface area (Å²) in [5, 5.41) is 11.0. The van der Waals surface area contributed by atoms with Gasteiger partial charge in [0.15, 0.2) is 0 Å². The fraction of sp³-hybridized carbons (Fsp3) is 0.211. The molecule has 0 saturated heterocycles. The molecule has 0 aliphatic carbocycles. The monoisotopic (exact) mass is 321 g/mol. The lowest BCUT2D eigenvalue weighted by atomic mass is 10.1. The molecule has 122 valence electrons. The van der Waals surface area contributed by atoms with E-state index in [-0.39, 0.29) is 5.91 Å². The highest BCUT2D eigenvalue weighted by Crippen LogP contribution is 2.19. The fourth-order valence-electron chi connectivity index (χ4n) is 2.40. The molecule has 0 fully saturated rings. The van der Waals surface area contributed by atoms with Crippen molar-refractivity contribution < 1.29 is 9.21 Å². The number of carbonyl (C=O) groups is 1. The molecule has 1 N–H and O–H groups in total. The van der Waals surface area contributed by atoms with Crippen molar-refractivity contribution in [3.63, 3.8) is 0 Å². The average Bonchev–Trinajstić information content (AvgIpc) is 3.04. The minimum Gasteiger partial charge on any atom is -0.421 e. The van der Waals surface area contributed by atoms with Crippen LogP contribution in [-0.4, -0.2) is 16.1 Å². The number of aryl methyl sites for hydroxylation is 3. The van der Waals surface area contributed by atoms with Crippen LogP contribution in [0, 0.1) is 13.8 Å². The third kappa shape index (κ3) is 3.87. The van der Waals surface area contributed by atoms with Crippen molar-refractivity contribution in [2.75, 3.05) is 5.32 Å². The maximum Gasteiger partial charge on any atom is 0.247 e. The fourth-order valence-corrected chi connectivity index (χ4v) is 2.40.